The molecule has 11 heteroatoms. The van der Waals surface area contributed by atoms with Crippen LogP contribution in [0.1, 0.15) is 35.2 Å². The van der Waals surface area contributed by atoms with E-state index < -0.39 is 36.1 Å². The third kappa shape index (κ3) is 6.45. The molecule has 1 heterocycles. The Balaban J connectivity index is 1.51. The number of guanidine groups is 1. The third-order valence-electron chi connectivity index (χ3n) is 5.26. The van der Waals surface area contributed by atoms with Gasteiger partial charge in [0.2, 0.25) is 12.7 Å². The summed E-state index contributed by atoms with van der Waals surface area (Å²) in [5.74, 6) is -1.29. The first-order valence-electron chi connectivity index (χ1n) is 10.6. The lowest BCUT2D eigenvalue weighted by Crippen LogP contribution is -2.43. The maximum atomic E-state index is 12.5. The van der Waals surface area contributed by atoms with Crippen LogP contribution in [-0.4, -0.2) is 53.0 Å². The van der Waals surface area contributed by atoms with E-state index in [0.717, 1.165) is 16.2 Å². The van der Waals surface area contributed by atoms with E-state index in [4.69, 9.17) is 31.5 Å². The Morgan fingerprint density at radius 3 is 2.50 bits per heavy atom. The number of aliphatic carboxylic acids is 1. The van der Waals surface area contributed by atoms with E-state index in [2.05, 4.69) is 5.32 Å². The number of carbonyl (C=O) groups excluding carboxylic acids is 2. The fourth-order valence-corrected chi connectivity index (χ4v) is 3.34. The van der Waals surface area contributed by atoms with Gasteiger partial charge in [-0.2, -0.15) is 0 Å². The van der Waals surface area contributed by atoms with E-state index in [1.165, 1.54) is 0 Å². The number of nitrogens with two attached hydrogens (primary N) is 2. The van der Waals surface area contributed by atoms with Gasteiger partial charge in [-0.1, -0.05) is 6.07 Å². The number of anilines is 1. The fourth-order valence-electron chi connectivity index (χ4n) is 3.34. The number of amides is 1. The molecule has 11 nitrogen and oxygen atoms in total. The second-order valence-corrected chi connectivity index (χ2v) is 7.74. The molecule has 7 N–H and O–H groups in total. The molecule has 1 amide bonds. The first kappa shape index (κ1) is 24.5. The lowest BCUT2D eigenvalue weighted by atomic mass is 10.1. The summed E-state index contributed by atoms with van der Waals surface area (Å²) in [5, 5.41) is 19.7. The summed E-state index contributed by atoms with van der Waals surface area (Å²) in [5.41, 5.74) is 13.0. The highest BCUT2D eigenvalue weighted by Gasteiger charge is 2.21. The third-order valence-corrected chi connectivity index (χ3v) is 5.26. The molecule has 1 aliphatic rings. The van der Waals surface area contributed by atoms with Gasteiger partial charge in [0.05, 0.1) is 6.42 Å². The molecular weight excluding hydrogens is 442 g/mol. The number of benzene rings is 2. The highest BCUT2D eigenvalue weighted by molar-refractivity contribution is 6.10. The van der Waals surface area contributed by atoms with Crippen molar-refractivity contribution in [1.82, 2.24) is 4.90 Å². The molecule has 0 aliphatic carbocycles. The monoisotopic (exact) mass is 469 g/mol. The van der Waals surface area contributed by atoms with E-state index in [9.17, 15) is 14.4 Å². The molecule has 1 aliphatic heterocycles. The Kier molecular flexibility index (Phi) is 8.04. The molecular formula is C23H27N5O6. The van der Waals surface area contributed by atoms with Crippen LogP contribution in [0.3, 0.4) is 0 Å². The van der Waals surface area contributed by atoms with Crippen LogP contribution in [0.4, 0.5) is 5.69 Å². The Bertz CT molecular complexity index is 1070. The summed E-state index contributed by atoms with van der Waals surface area (Å²) in [6.07, 6.45) is -0.119. The highest BCUT2D eigenvalue weighted by Crippen LogP contribution is 2.32. The second kappa shape index (κ2) is 11.1. The lowest BCUT2D eigenvalue weighted by molar-refractivity contribution is -0.138. The van der Waals surface area contributed by atoms with E-state index in [0.29, 0.717) is 23.6 Å². The average Bonchev–Trinajstić information content (AvgIpc) is 3.28. The summed E-state index contributed by atoms with van der Waals surface area (Å²) in [6.45, 7) is 0.764. The second-order valence-electron chi connectivity index (χ2n) is 7.74. The van der Waals surface area contributed by atoms with E-state index in [-0.39, 0.29) is 26.2 Å². The number of carboxylic acid groups (broad SMARTS) is 1. The normalized spacial score (nSPS) is 12.6. The van der Waals surface area contributed by atoms with Crippen molar-refractivity contribution in [3.63, 3.8) is 0 Å². The number of nitrogens with zero attached hydrogens (tertiary/aromatic N) is 1. The summed E-state index contributed by atoms with van der Waals surface area (Å²) in [7, 11) is 0. The van der Waals surface area contributed by atoms with Gasteiger partial charge in [-0.15, -0.1) is 0 Å². The zero-order chi connectivity index (χ0) is 24.7. The SMILES string of the molecule is N=C(N)N(CCCC(N)C(=O)O)C(=O)CC(=O)c1ccc(NCc2ccc3c(c2)OCO3)cc1. The molecule has 0 saturated carbocycles. The van der Waals surface area contributed by atoms with Crippen LogP contribution in [0.25, 0.3) is 0 Å². The maximum absolute atomic E-state index is 12.5. The molecule has 2 aromatic rings. The molecule has 1 atom stereocenters. The van der Waals surface area contributed by atoms with E-state index >= 15 is 0 Å². The Morgan fingerprint density at radius 2 is 1.82 bits per heavy atom. The Morgan fingerprint density at radius 1 is 1.12 bits per heavy atom. The van der Waals surface area contributed by atoms with Crippen molar-refractivity contribution >= 4 is 29.3 Å². The molecule has 0 fully saturated rings. The highest BCUT2D eigenvalue weighted by atomic mass is 16.7. The first-order valence-corrected chi connectivity index (χ1v) is 10.6. The molecule has 0 spiro atoms. The predicted molar refractivity (Wildman–Crippen MR) is 124 cm³/mol. The van der Waals surface area contributed by atoms with Gasteiger partial charge in [-0.3, -0.25) is 24.7 Å². The van der Waals surface area contributed by atoms with Crippen LogP contribution < -0.4 is 26.3 Å². The van der Waals surface area contributed by atoms with Crippen molar-refractivity contribution in [3.05, 3.63) is 53.6 Å². The zero-order valence-corrected chi connectivity index (χ0v) is 18.5. The van der Waals surface area contributed by atoms with Crippen molar-refractivity contribution in [1.29, 1.82) is 5.41 Å². The van der Waals surface area contributed by atoms with E-state index in [1.807, 2.05) is 18.2 Å². The summed E-state index contributed by atoms with van der Waals surface area (Å²) in [6, 6.07) is 11.3. The van der Waals surface area contributed by atoms with Gasteiger partial charge in [0.1, 0.15) is 6.04 Å². The summed E-state index contributed by atoms with van der Waals surface area (Å²) >= 11 is 0. The number of Topliss-reactive ketones (excluding diaryl/α,β-unsaturated/α-hetero) is 1. The van der Waals surface area contributed by atoms with Gasteiger partial charge in [0, 0.05) is 24.3 Å². The maximum Gasteiger partial charge on any atom is 0.320 e. The molecule has 0 bridgehead atoms. The summed E-state index contributed by atoms with van der Waals surface area (Å²) < 4.78 is 10.7. The minimum Gasteiger partial charge on any atom is -0.480 e. The average molecular weight is 469 g/mol. The Hall–Kier alpha value is -4.12. The van der Waals surface area contributed by atoms with Crippen LogP contribution in [0.15, 0.2) is 42.5 Å². The molecule has 0 aromatic heterocycles. The number of ether oxygens (including phenoxy) is 2. The molecule has 3 rings (SSSR count). The molecule has 34 heavy (non-hydrogen) atoms. The van der Waals surface area contributed by atoms with Crippen LogP contribution in [0.2, 0.25) is 0 Å². The van der Waals surface area contributed by atoms with Gasteiger partial charge < -0.3 is 31.4 Å². The number of nitrogens with one attached hydrogen (secondary N) is 2. The topological polar surface area (TPSA) is 181 Å². The van der Waals surface area contributed by atoms with Crippen molar-refractivity contribution in [2.24, 2.45) is 11.5 Å². The van der Waals surface area contributed by atoms with Gasteiger partial charge in [-0.25, -0.2) is 0 Å². The van der Waals surface area contributed by atoms with E-state index in [1.54, 1.807) is 24.3 Å². The van der Waals surface area contributed by atoms with Gasteiger partial charge in [-0.05, 0) is 54.8 Å². The molecule has 1 unspecified atom stereocenters. The first-order chi connectivity index (χ1) is 16.2. The van der Waals surface area contributed by atoms with Crippen LogP contribution in [0.5, 0.6) is 11.5 Å². The largest absolute Gasteiger partial charge is 0.480 e. The number of rotatable bonds is 11. The molecule has 180 valence electrons. The van der Waals surface area contributed by atoms with Crippen LogP contribution in [0, 0.1) is 5.41 Å². The Labute approximate surface area is 196 Å². The van der Waals surface area contributed by atoms with Crippen molar-refractivity contribution in [3.8, 4) is 11.5 Å². The van der Waals surface area contributed by atoms with Gasteiger partial charge >= 0.3 is 5.97 Å². The number of hydrogen-bond acceptors (Lipinski definition) is 8. The fraction of sp³-hybridized carbons (Fsp3) is 0.304. The summed E-state index contributed by atoms with van der Waals surface area (Å²) in [4.78, 5) is 36.8. The minimum absolute atomic E-state index is 0.00510. The number of hydrogen-bond donors (Lipinski definition) is 5. The number of carboxylic acids is 1. The minimum atomic E-state index is -1.15. The molecule has 0 radical (unpaired) electrons. The molecule has 2 aromatic carbocycles. The number of ketones is 1. The molecule has 0 saturated heterocycles. The quantitative estimate of drug-likeness (QED) is 0.141. The van der Waals surface area contributed by atoms with Crippen LogP contribution >= 0.6 is 0 Å². The number of fused-ring (bicyclic) bond motifs is 1. The zero-order valence-electron chi connectivity index (χ0n) is 18.5. The van der Waals surface area contributed by atoms with Crippen LogP contribution in [-0.2, 0) is 16.1 Å². The standard InChI is InChI=1S/C23H27N5O6/c24-17(22(31)32)2-1-9-28(23(25)26)21(30)11-18(29)15-4-6-16(7-5-15)27-12-14-3-8-19-20(10-14)34-13-33-19/h3-8,10,17,27H,1-2,9,11-13,24H2,(H3,25,26)(H,31,32). The van der Waals surface area contributed by atoms with Crippen molar-refractivity contribution in [2.45, 2.75) is 31.8 Å². The van der Waals surface area contributed by atoms with Crippen molar-refractivity contribution < 1.29 is 29.0 Å². The number of carbonyl (C=O) groups is 3. The lowest BCUT2D eigenvalue weighted by Gasteiger charge is -2.20. The smallest absolute Gasteiger partial charge is 0.320 e. The van der Waals surface area contributed by atoms with Gasteiger partial charge in [0.15, 0.2) is 23.2 Å². The predicted octanol–water partition coefficient (Wildman–Crippen LogP) is 1.51. The van der Waals surface area contributed by atoms with Gasteiger partial charge in [0.25, 0.3) is 0 Å². The van der Waals surface area contributed by atoms with Crippen molar-refractivity contribution in [2.75, 3.05) is 18.7 Å².